The molecule has 1 aromatic carbocycles. The molecule has 0 saturated heterocycles. The maximum absolute atomic E-state index is 12.4. The molecule has 0 bridgehead atoms. The quantitative estimate of drug-likeness (QED) is 0.474. The SMILES string of the molecule is Cc1cc(COC(=O)c2cc3c(C)nn(-c4cccc(Cl)c4)c3s2)no1. The lowest BCUT2D eigenvalue weighted by atomic mass is 10.3. The Morgan fingerprint density at radius 3 is 2.88 bits per heavy atom. The van der Waals surface area contributed by atoms with Gasteiger partial charge in [0.15, 0.2) is 0 Å². The first kappa shape index (κ1) is 16.8. The first-order valence-corrected chi connectivity index (χ1v) is 9.05. The molecule has 4 aromatic rings. The van der Waals surface area contributed by atoms with Gasteiger partial charge >= 0.3 is 5.97 Å². The molecule has 0 aliphatic carbocycles. The van der Waals surface area contributed by atoms with Crippen LogP contribution in [0.4, 0.5) is 0 Å². The van der Waals surface area contributed by atoms with Gasteiger partial charge < -0.3 is 9.26 Å². The Kier molecular flexibility index (Phi) is 4.26. The van der Waals surface area contributed by atoms with Crippen LogP contribution in [0.5, 0.6) is 0 Å². The number of benzene rings is 1. The number of rotatable bonds is 4. The summed E-state index contributed by atoms with van der Waals surface area (Å²) in [5.41, 5.74) is 2.26. The highest BCUT2D eigenvalue weighted by atomic mass is 35.5. The highest BCUT2D eigenvalue weighted by Crippen LogP contribution is 2.31. The molecule has 8 heteroatoms. The van der Waals surface area contributed by atoms with Gasteiger partial charge in [0.05, 0.1) is 11.4 Å². The van der Waals surface area contributed by atoms with Gasteiger partial charge in [0, 0.05) is 16.5 Å². The van der Waals surface area contributed by atoms with Crippen molar-refractivity contribution >= 4 is 39.1 Å². The second kappa shape index (κ2) is 6.59. The Labute approximate surface area is 157 Å². The largest absolute Gasteiger partial charge is 0.455 e. The topological polar surface area (TPSA) is 70.2 Å². The number of hydrogen-bond donors (Lipinski definition) is 0. The summed E-state index contributed by atoms with van der Waals surface area (Å²) in [6.07, 6.45) is 0. The zero-order valence-electron chi connectivity index (χ0n) is 14.0. The van der Waals surface area contributed by atoms with Gasteiger partial charge in [-0.2, -0.15) is 5.10 Å². The third-order valence-corrected chi connectivity index (χ3v) is 5.15. The molecule has 0 N–H and O–H groups in total. The lowest BCUT2D eigenvalue weighted by Gasteiger charge is -2.02. The Morgan fingerprint density at radius 1 is 1.31 bits per heavy atom. The molecule has 3 aromatic heterocycles. The normalized spacial score (nSPS) is 11.2. The van der Waals surface area contributed by atoms with Crippen LogP contribution in [0.1, 0.15) is 26.8 Å². The van der Waals surface area contributed by atoms with Gasteiger partial charge in [0.2, 0.25) is 0 Å². The van der Waals surface area contributed by atoms with E-state index in [2.05, 4.69) is 10.3 Å². The van der Waals surface area contributed by atoms with Crippen LogP contribution in [0, 0.1) is 13.8 Å². The van der Waals surface area contributed by atoms with E-state index in [9.17, 15) is 4.79 Å². The first-order chi connectivity index (χ1) is 12.5. The summed E-state index contributed by atoms with van der Waals surface area (Å²) in [5, 5.41) is 9.91. The molecule has 0 saturated carbocycles. The zero-order valence-corrected chi connectivity index (χ0v) is 15.6. The van der Waals surface area contributed by atoms with Gasteiger partial charge in [-0.1, -0.05) is 22.8 Å². The number of halogens is 1. The number of aryl methyl sites for hydroxylation is 2. The molecule has 0 aliphatic rings. The predicted octanol–water partition coefficient (Wildman–Crippen LogP) is 4.70. The van der Waals surface area contributed by atoms with E-state index >= 15 is 0 Å². The lowest BCUT2D eigenvalue weighted by Crippen LogP contribution is -2.03. The van der Waals surface area contributed by atoms with Crippen molar-refractivity contribution in [3.63, 3.8) is 0 Å². The van der Waals surface area contributed by atoms with Crippen LogP contribution < -0.4 is 0 Å². The average molecular weight is 388 g/mol. The van der Waals surface area contributed by atoms with Gasteiger partial charge in [-0.3, -0.25) is 0 Å². The van der Waals surface area contributed by atoms with Crippen molar-refractivity contribution in [3.8, 4) is 5.69 Å². The van der Waals surface area contributed by atoms with E-state index in [4.69, 9.17) is 20.9 Å². The summed E-state index contributed by atoms with van der Waals surface area (Å²) in [7, 11) is 0. The molecule has 0 aliphatic heterocycles. The Hall–Kier alpha value is -2.64. The summed E-state index contributed by atoms with van der Waals surface area (Å²) in [6, 6.07) is 11.0. The molecule has 132 valence electrons. The molecule has 3 heterocycles. The van der Waals surface area contributed by atoms with Crippen LogP contribution >= 0.6 is 22.9 Å². The number of thiophene rings is 1. The highest BCUT2D eigenvalue weighted by Gasteiger charge is 2.18. The molecular weight excluding hydrogens is 374 g/mol. The first-order valence-electron chi connectivity index (χ1n) is 7.85. The van der Waals surface area contributed by atoms with Crippen LogP contribution in [-0.2, 0) is 11.3 Å². The molecule has 0 amide bonds. The van der Waals surface area contributed by atoms with E-state index in [1.807, 2.05) is 25.1 Å². The fourth-order valence-electron chi connectivity index (χ4n) is 2.63. The van der Waals surface area contributed by atoms with Crippen molar-refractivity contribution in [1.82, 2.24) is 14.9 Å². The summed E-state index contributed by atoms with van der Waals surface area (Å²) in [5.74, 6) is 0.277. The standard InChI is InChI=1S/C18H14ClN3O3S/c1-10-6-13(21-25-10)9-24-18(23)16-8-15-11(2)20-22(17(15)26-16)14-5-3-4-12(19)7-14/h3-8H,9H2,1-2H3. The molecule has 0 radical (unpaired) electrons. The number of fused-ring (bicyclic) bond motifs is 1. The summed E-state index contributed by atoms with van der Waals surface area (Å²) < 4.78 is 12.1. The van der Waals surface area contributed by atoms with Crippen molar-refractivity contribution in [3.05, 3.63) is 63.4 Å². The fraction of sp³-hybridized carbons (Fsp3) is 0.167. The summed E-state index contributed by atoms with van der Waals surface area (Å²) in [6.45, 7) is 3.77. The average Bonchev–Trinajstić information content (AvgIpc) is 3.30. The second-order valence-corrected chi connectivity index (χ2v) is 7.28. The van der Waals surface area contributed by atoms with Crippen LogP contribution in [-0.4, -0.2) is 20.9 Å². The third kappa shape index (κ3) is 3.11. The maximum atomic E-state index is 12.4. The number of carbonyl (C=O) groups excluding carboxylic acids is 1. The van der Waals surface area contributed by atoms with Gasteiger partial charge in [-0.05, 0) is 38.1 Å². The van der Waals surface area contributed by atoms with E-state index in [0.29, 0.717) is 21.4 Å². The molecular formula is C18H14ClN3O3S. The molecule has 0 unspecified atom stereocenters. The maximum Gasteiger partial charge on any atom is 0.348 e. The van der Waals surface area contributed by atoms with Crippen LogP contribution in [0.2, 0.25) is 5.02 Å². The van der Waals surface area contributed by atoms with Crippen molar-refractivity contribution < 1.29 is 14.1 Å². The molecule has 0 spiro atoms. The second-order valence-electron chi connectivity index (χ2n) is 5.81. The van der Waals surface area contributed by atoms with Gasteiger partial charge in [0.25, 0.3) is 0 Å². The fourth-order valence-corrected chi connectivity index (χ4v) is 3.89. The minimum atomic E-state index is -0.399. The number of ether oxygens (including phenoxy) is 1. The number of carbonyl (C=O) groups is 1. The predicted molar refractivity (Wildman–Crippen MR) is 99.1 cm³/mol. The highest BCUT2D eigenvalue weighted by molar-refractivity contribution is 7.20. The number of aromatic nitrogens is 3. The van der Waals surface area contributed by atoms with Crippen molar-refractivity contribution in [2.45, 2.75) is 20.5 Å². The van der Waals surface area contributed by atoms with Crippen molar-refractivity contribution in [2.24, 2.45) is 0 Å². The number of hydrogen-bond acceptors (Lipinski definition) is 6. The monoisotopic (exact) mass is 387 g/mol. The smallest absolute Gasteiger partial charge is 0.348 e. The zero-order chi connectivity index (χ0) is 18.3. The van der Waals surface area contributed by atoms with E-state index in [0.717, 1.165) is 21.6 Å². The number of nitrogens with zero attached hydrogens (tertiary/aromatic N) is 3. The molecule has 26 heavy (non-hydrogen) atoms. The lowest BCUT2D eigenvalue weighted by molar-refractivity contribution is 0.0470. The Balaban J connectivity index is 1.63. The van der Waals surface area contributed by atoms with Crippen LogP contribution in [0.15, 0.2) is 40.9 Å². The van der Waals surface area contributed by atoms with Gasteiger partial charge in [0.1, 0.15) is 27.8 Å². The Bertz CT molecular complexity index is 1110. The minimum absolute atomic E-state index is 0.0732. The van der Waals surface area contributed by atoms with Gasteiger partial charge in [-0.15, -0.1) is 11.3 Å². The molecule has 0 atom stereocenters. The van der Waals surface area contributed by atoms with Crippen LogP contribution in [0.3, 0.4) is 0 Å². The third-order valence-electron chi connectivity index (χ3n) is 3.83. The van der Waals surface area contributed by atoms with Crippen LogP contribution in [0.25, 0.3) is 15.9 Å². The van der Waals surface area contributed by atoms with E-state index in [1.54, 1.807) is 29.8 Å². The van der Waals surface area contributed by atoms with Gasteiger partial charge in [-0.25, -0.2) is 9.48 Å². The summed E-state index contributed by atoms with van der Waals surface area (Å²) in [4.78, 5) is 13.8. The van der Waals surface area contributed by atoms with Crippen molar-refractivity contribution in [2.75, 3.05) is 0 Å². The van der Waals surface area contributed by atoms with E-state index < -0.39 is 5.97 Å². The molecule has 4 rings (SSSR count). The van der Waals surface area contributed by atoms with Crippen molar-refractivity contribution in [1.29, 1.82) is 0 Å². The summed E-state index contributed by atoms with van der Waals surface area (Å²) >= 11 is 7.42. The Morgan fingerprint density at radius 2 is 2.15 bits per heavy atom. The number of esters is 1. The molecule has 0 fully saturated rings. The minimum Gasteiger partial charge on any atom is -0.455 e. The molecule has 6 nitrogen and oxygen atoms in total. The van der Waals surface area contributed by atoms with E-state index in [-0.39, 0.29) is 6.61 Å². The van der Waals surface area contributed by atoms with E-state index in [1.165, 1.54) is 11.3 Å².